The van der Waals surface area contributed by atoms with Gasteiger partial charge in [-0.15, -0.1) is 5.10 Å². The van der Waals surface area contributed by atoms with Gasteiger partial charge in [0.1, 0.15) is 0 Å². The molecular weight excluding hydrogens is 486 g/mol. The smallest absolute Gasteiger partial charge is 0.209 e. The van der Waals surface area contributed by atoms with E-state index in [2.05, 4.69) is 46.7 Å². The van der Waals surface area contributed by atoms with Crippen LogP contribution >= 0.6 is 11.8 Å². The molecule has 1 aliphatic rings. The zero-order chi connectivity index (χ0) is 25.8. The number of hydrogen-bond donors (Lipinski definition) is 2. The van der Waals surface area contributed by atoms with Crippen molar-refractivity contribution in [1.82, 2.24) is 20.2 Å². The minimum absolute atomic E-state index is 0.0102. The zero-order valence-corrected chi connectivity index (χ0v) is 21.7. The fraction of sp³-hybridized carbons (Fsp3) is 0.321. The third kappa shape index (κ3) is 5.76. The van der Waals surface area contributed by atoms with Crippen molar-refractivity contribution in [2.24, 2.45) is 18.7 Å². The van der Waals surface area contributed by atoms with Crippen molar-refractivity contribution in [3.63, 3.8) is 0 Å². The van der Waals surface area contributed by atoms with Crippen LogP contribution in [0.15, 0.2) is 78.0 Å². The van der Waals surface area contributed by atoms with E-state index in [1.54, 1.807) is 16.4 Å². The summed E-state index contributed by atoms with van der Waals surface area (Å²) in [5.74, 6) is 0.757. The van der Waals surface area contributed by atoms with Gasteiger partial charge in [0.05, 0.1) is 18.8 Å². The molecule has 4 unspecified atom stereocenters. The molecule has 37 heavy (non-hydrogen) atoms. The van der Waals surface area contributed by atoms with E-state index in [1.807, 2.05) is 55.6 Å². The summed E-state index contributed by atoms with van der Waals surface area (Å²) in [5, 5.41) is 22.0. The number of nitrogens with two attached hydrogens (primary N) is 1. The number of benzene rings is 3. The average molecular weight is 518 g/mol. The zero-order valence-electron chi connectivity index (χ0n) is 20.9. The van der Waals surface area contributed by atoms with E-state index in [-0.39, 0.29) is 24.7 Å². The molecule has 2 heterocycles. The number of aryl methyl sites for hydroxylation is 1. The number of tetrazole rings is 1. The van der Waals surface area contributed by atoms with Gasteiger partial charge >= 0.3 is 0 Å². The summed E-state index contributed by atoms with van der Waals surface area (Å²) in [6, 6.07) is 24.5. The largest absolute Gasteiger partial charge is 0.392 e. The highest BCUT2D eigenvalue weighted by molar-refractivity contribution is 7.99. The summed E-state index contributed by atoms with van der Waals surface area (Å²) in [4.78, 5) is 0. The Kier molecular flexibility index (Phi) is 7.97. The lowest BCUT2D eigenvalue weighted by atomic mass is 9.91. The summed E-state index contributed by atoms with van der Waals surface area (Å²) in [7, 11) is 1.83. The molecule has 8 nitrogen and oxygen atoms in total. The molecule has 5 rings (SSSR count). The molecule has 0 spiro atoms. The maximum absolute atomic E-state index is 9.48. The van der Waals surface area contributed by atoms with Crippen molar-refractivity contribution in [2.75, 3.05) is 5.75 Å². The molecule has 9 heteroatoms. The Hall–Kier alpha value is -3.08. The van der Waals surface area contributed by atoms with Crippen LogP contribution in [0.25, 0.3) is 11.1 Å². The second-order valence-electron chi connectivity index (χ2n) is 9.25. The highest BCUT2D eigenvalue weighted by Crippen LogP contribution is 2.43. The van der Waals surface area contributed by atoms with Gasteiger partial charge in [-0.2, -0.15) is 0 Å². The molecule has 1 fully saturated rings. The first-order chi connectivity index (χ1) is 18.1. The maximum atomic E-state index is 9.48. The molecule has 0 bridgehead atoms. The number of thioether (sulfide) groups is 1. The molecule has 4 atom stereocenters. The molecule has 3 N–H and O–H groups in total. The van der Waals surface area contributed by atoms with Crippen molar-refractivity contribution < 1.29 is 14.6 Å². The van der Waals surface area contributed by atoms with E-state index < -0.39 is 6.29 Å². The van der Waals surface area contributed by atoms with E-state index in [4.69, 9.17) is 15.2 Å². The number of ether oxygens (including phenoxy) is 2. The predicted octanol–water partition coefficient (Wildman–Crippen LogP) is 4.41. The lowest BCUT2D eigenvalue weighted by molar-refractivity contribution is -0.268. The molecule has 0 aliphatic carbocycles. The second-order valence-corrected chi connectivity index (χ2v) is 10.2. The minimum Gasteiger partial charge on any atom is -0.392 e. The van der Waals surface area contributed by atoms with Crippen LogP contribution in [0.1, 0.15) is 41.6 Å². The summed E-state index contributed by atoms with van der Waals surface area (Å²) in [6.07, 6.45) is -0.828. The van der Waals surface area contributed by atoms with Crippen LogP contribution in [0.2, 0.25) is 0 Å². The van der Waals surface area contributed by atoms with Crippen molar-refractivity contribution in [2.45, 2.75) is 43.7 Å². The van der Waals surface area contributed by atoms with Crippen molar-refractivity contribution in [3.05, 3.63) is 95.1 Å². The van der Waals surface area contributed by atoms with Crippen LogP contribution in [0.5, 0.6) is 0 Å². The van der Waals surface area contributed by atoms with Crippen LogP contribution in [0.3, 0.4) is 0 Å². The van der Waals surface area contributed by atoms with Crippen molar-refractivity contribution in [3.8, 4) is 11.1 Å². The number of aliphatic hydroxyl groups excluding tert-OH is 1. The highest BCUT2D eigenvalue weighted by atomic mass is 32.2. The fourth-order valence-corrected chi connectivity index (χ4v) is 5.57. The monoisotopic (exact) mass is 517 g/mol. The van der Waals surface area contributed by atoms with Gasteiger partial charge in [0, 0.05) is 30.8 Å². The lowest BCUT2D eigenvalue weighted by Crippen LogP contribution is -2.38. The molecule has 1 saturated heterocycles. The molecule has 0 amide bonds. The third-order valence-corrected chi connectivity index (χ3v) is 7.84. The Morgan fingerprint density at radius 1 is 0.946 bits per heavy atom. The molecule has 0 radical (unpaired) electrons. The average Bonchev–Trinajstić information content (AvgIpc) is 3.37. The Labute approximate surface area is 220 Å². The SMILES string of the molecule is CC1C(CSc2nnnn2C)OC(c2cccc(-c3cccc(CN)c3)c2)OC1c1ccc(CO)cc1. The van der Waals surface area contributed by atoms with Gasteiger partial charge in [-0.1, -0.05) is 79.3 Å². The molecule has 0 saturated carbocycles. The Bertz CT molecular complexity index is 1330. The first-order valence-electron chi connectivity index (χ1n) is 12.3. The topological polar surface area (TPSA) is 108 Å². The number of rotatable bonds is 8. The molecule has 1 aromatic heterocycles. The summed E-state index contributed by atoms with van der Waals surface area (Å²) < 4.78 is 14.8. The van der Waals surface area contributed by atoms with Gasteiger partial charge in [0.15, 0.2) is 6.29 Å². The van der Waals surface area contributed by atoms with Crippen LogP contribution < -0.4 is 5.73 Å². The maximum Gasteiger partial charge on any atom is 0.209 e. The molecular formula is C28H31N5O3S. The van der Waals surface area contributed by atoms with Crippen LogP contribution in [-0.2, 0) is 29.7 Å². The van der Waals surface area contributed by atoms with Gasteiger partial charge in [-0.25, -0.2) is 4.68 Å². The summed E-state index contributed by atoms with van der Waals surface area (Å²) >= 11 is 1.57. The van der Waals surface area contributed by atoms with Gasteiger partial charge < -0.3 is 20.3 Å². The van der Waals surface area contributed by atoms with E-state index in [9.17, 15) is 5.11 Å². The number of aliphatic hydroxyl groups is 1. The Balaban J connectivity index is 1.44. The predicted molar refractivity (Wildman–Crippen MR) is 142 cm³/mol. The van der Waals surface area contributed by atoms with Crippen LogP contribution in [-0.4, -0.2) is 37.2 Å². The quantitative estimate of drug-likeness (QED) is 0.331. The normalized spacial score (nSPS) is 21.7. The number of hydrogen-bond acceptors (Lipinski definition) is 8. The Morgan fingerprint density at radius 3 is 2.41 bits per heavy atom. The Morgan fingerprint density at radius 2 is 1.70 bits per heavy atom. The van der Waals surface area contributed by atoms with E-state index in [1.165, 1.54) is 0 Å². The molecule has 4 aromatic rings. The number of nitrogens with zero attached hydrogens (tertiary/aromatic N) is 4. The first kappa shape index (κ1) is 25.6. The highest BCUT2D eigenvalue weighted by Gasteiger charge is 2.38. The minimum atomic E-state index is -0.542. The van der Waals surface area contributed by atoms with Crippen LogP contribution in [0.4, 0.5) is 0 Å². The fourth-order valence-electron chi connectivity index (χ4n) is 4.55. The van der Waals surface area contributed by atoms with Gasteiger partial charge in [-0.05, 0) is 50.4 Å². The van der Waals surface area contributed by atoms with Gasteiger partial charge in [0.25, 0.3) is 0 Å². The van der Waals surface area contributed by atoms with E-state index >= 15 is 0 Å². The lowest BCUT2D eigenvalue weighted by Gasteiger charge is -2.41. The van der Waals surface area contributed by atoms with Crippen LogP contribution in [0, 0.1) is 5.92 Å². The van der Waals surface area contributed by atoms with Gasteiger partial charge in [-0.3, -0.25) is 0 Å². The molecule has 192 valence electrons. The standard InChI is InChI=1S/C28H31N5O3S/c1-18-25(17-37-28-30-31-32-33(28)2)35-27(36-26(18)21-11-9-19(16-34)10-12-21)24-8-4-7-23(14-24)22-6-3-5-20(13-22)15-29/h3-14,18,25-27,34H,15-17,29H2,1-2H3. The molecule has 3 aromatic carbocycles. The molecule has 1 aliphatic heterocycles. The summed E-state index contributed by atoms with van der Waals surface area (Å²) in [6.45, 7) is 2.66. The number of aromatic nitrogens is 4. The third-order valence-electron chi connectivity index (χ3n) is 6.74. The first-order valence-corrected chi connectivity index (χ1v) is 13.3. The van der Waals surface area contributed by atoms with Gasteiger partial charge in [0.2, 0.25) is 5.16 Å². The van der Waals surface area contributed by atoms with E-state index in [0.29, 0.717) is 12.3 Å². The summed E-state index contributed by atoms with van der Waals surface area (Å²) in [5.41, 5.74) is 12.0. The second kappa shape index (κ2) is 11.5. The van der Waals surface area contributed by atoms with Crippen molar-refractivity contribution >= 4 is 11.8 Å². The van der Waals surface area contributed by atoms with Crippen molar-refractivity contribution in [1.29, 1.82) is 0 Å². The van der Waals surface area contributed by atoms with E-state index in [0.717, 1.165) is 38.5 Å².